The van der Waals surface area contributed by atoms with E-state index < -0.39 is 0 Å². The van der Waals surface area contributed by atoms with Crippen LogP contribution in [-0.4, -0.2) is 62.0 Å². The molecule has 0 bridgehead atoms. The van der Waals surface area contributed by atoms with Crippen molar-refractivity contribution in [3.63, 3.8) is 0 Å². The van der Waals surface area contributed by atoms with Gasteiger partial charge in [0.1, 0.15) is 0 Å². The van der Waals surface area contributed by atoms with Crippen molar-refractivity contribution in [2.24, 2.45) is 5.92 Å². The highest BCUT2D eigenvalue weighted by Gasteiger charge is 2.21. The number of hydrogen-bond donors (Lipinski definition) is 2. The van der Waals surface area contributed by atoms with E-state index in [9.17, 15) is 0 Å². The molecule has 146 valence electrons. The first-order chi connectivity index (χ1) is 13.7. The van der Waals surface area contributed by atoms with Gasteiger partial charge in [-0.25, -0.2) is 24.9 Å². The summed E-state index contributed by atoms with van der Waals surface area (Å²) in [5, 5.41) is 7.34. The summed E-state index contributed by atoms with van der Waals surface area (Å²) in [5.74, 6) is 1.85. The first-order valence-corrected chi connectivity index (χ1v) is 9.28. The molecule has 0 aliphatic carbocycles. The summed E-state index contributed by atoms with van der Waals surface area (Å²) >= 11 is 0. The summed E-state index contributed by atoms with van der Waals surface area (Å²) in [4.78, 5) is 24.4. The Labute approximate surface area is 162 Å². The molecule has 10 nitrogen and oxygen atoms in total. The van der Waals surface area contributed by atoms with Crippen molar-refractivity contribution in [3.8, 4) is 11.4 Å². The third-order valence-corrected chi connectivity index (χ3v) is 4.71. The number of ether oxygens (including phenoxy) is 1. The van der Waals surface area contributed by atoms with Crippen molar-refractivity contribution in [2.45, 2.75) is 19.9 Å². The Bertz CT molecular complexity index is 963. The second kappa shape index (κ2) is 7.85. The molecule has 1 saturated heterocycles. The topological polar surface area (TPSA) is 132 Å². The van der Waals surface area contributed by atoms with Crippen LogP contribution in [0.5, 0.6) is 0 Å². The van der Waals surface area contributed by atoms with Gasteiger partial charge in [-0.3, -0.25) is 0 Å². The summed E-state index contributed by atoms with van der Waals surface area (Å²) in [7, 11) is 0. The molecule has 4 rings (SSSR count). The molecule has 1 atom stereocenters. The van der Waals surface area contributed by atoms with E-state index in [1.54, 1.807) is 18.7 Å². The zero-order chi connectivity index (χ0) is 19.5. The van der Waals surface area contributed by atoms with E-state index in [1.165, 1.54) is 6.21 Å². The minimum atomic E-state index is 0.212. The molecular formula is C18H23N9O. The van der Waals surface area contributed by atoms with Crippen LogP contribution in [0.2, 0.25) is 0 Å². The predicted molar refractivity (Wildman–Crippen MR) is 106 cm³/mol. The molecule has 0 spiro atoms. The number of anilines is 2. The van der Waals surface area contributed by atoms with Crippen LogP contribution in [-0.2, 0) is 11.3 Å². The lowest BCUT2D eigenvalue weighted by Crippen LogP contribution is -2.37. The molecule has 10 heteroatoms. The molecule has 0 aromatic carbocycles. The lowest BCUT2D eigenvalue weighted by Gasteiger charge is -2.28. The molecule has 1 aliphatic rings. The number of nitrogens with two attached hydrogens (primary N) is 1. The summed E-state index contributed by atoms with van der Waals surface area (Å²) in [6.45, 7) is 5.65. The first-order valence-electron chi connectivity index (χ1n) is 9.28. The number of nitrogens with one attached hydrogen (secondary N) is 1. The lowest BCUT2D eigenvalue weighted by atomic mass is 10.1. The summed E-state index contributed by atoms with van der Waals surface area (Å²) in [6.07, 6.45) is 7.21. The SMILES string of the molecule is CC(CC=N)Cn1cnc2c(N3CCOCC3)nc(-c3cnc(N)nc3)nc21. The van der Waals surface area contributed by atoms with E-state index in [0.717, 1.165) is 36.6 Å². The van der Waals surface area contributed by atoms with Crippen LogP contribution in [0.25, 0.3) is 22.6 Å². The third-order valence-electron chi connectivity index (χ3n) is 4.71. The summed E-state index contributed by atoms with van der Waals surface area (Å²) < 4.78 is 7.50. The summed E-state index contributed by atoms with van der Waals surface area (Å²) in [6, 6.07) is 0. The van der Waals surface area contributed by atoms with Crippen LogP contribution in [0.15, 0.2) is 18.7 Å². The average molecular weight is 381 g/mol. The van der Waals surface area contributed by atoms with E-state index in [-0.39, 0.29) is 5.95 Å². The molecule has 28 heavy (non-hydrogen) atoms. The monoisotopic (exact) mass is 381 g/mol. The fourth-order valence-corrected chi connectivity index (χ4v) is 3.25. The van der Waals surface area contributed by atoms with Gasteiger partial charge in [0, 0.05) is 32.0 Å². The van der Waals surface area contributed by atoms with Gasteiger partial charge in [-0.15, -0.1) is 0 Å². The van der Waals surface area contributed by atoms with Crippen LogP contribution in [0.3, 0.4) is 0 Å². The Hall–Kier alpha value is -3.14. The van der Waals surface area contributed by atoms with Gasteiger partial charge in [-0.2, -0.15) is 0 Å². The largest absolute Gasteiger partial charge is 0.378 e. The van der Waals surface area contributed by atoms with Crippen molar-refractivity contribution in [1.29, 1.82) is 5.41 Å². The van der Waals surface area contributed by atoms with Crippen LogP contribution >= 0.6 is 0 Å². The number of morpholine rings is 1. The smallest absolute Gasteiger partial charge is 0.219 e. The number of nitrogens with zero attached hydrogens (tertiary/aromatic N) is 7. The molecule has 0 radical (unpaired) electrons. The van der Waals surface area contributed by atoms with Gasteiger partial charge in [0.2, 0.25) is 5.95 Å². The minimum absolute atomic E-state index is 0.212. The quantitative estimate of drug-likeness (QED) is 0.612. The fraction of sp³-hybridized carbons (Fsp3) is 0.444. The lowest BCUT2D eigenvalue weighted by molar-refractivity contribution is 0.122. The van der Waals surface area contributed by atoms with Gasteiger partial charge in [0.25, 0.3) is 0 Å². The van der Waals surface area contributed by atoms with E-state index >= 15 is 0 Å². The van der Waals surface area contributed by atoms with Crippen molar-refractivity contribution in [2.75, 3.05) is 36.9 Å². The molecule has 1 fully saturated rings. The molecule has 3 aromatic heterocycles. The standard InChI is InChI=1S/C18H23N9O/c1-12(2-3-19)10-27-11-23-14-16(26-4-6-28-7-5-26)24-15(25-17(14)27)13-8-21-18(20)22-9-13/h3,8-9,11-12,19H,2,4-7,10H2,1H3,(H2,20,21,22). The van der Waals surface area contributed by atoms with Crippen LogP contribution in [0, 0.1) is 11.3 Å². The van der Waals surface area contributed by atoms with Crippen LogP contribution in [0.1, 0.15) is 13.3 Å². The highest BCUT2D eigenvalue weighted by Crippen LogP contribution is 2.27. The highest BCUT2D eigenvalue weighted by atomic mass is 16.5. The molecule has 4 heterocycles. The van der Waals surface area contributed by atoms with Gasteiger partial charge in [0.15, 0.2) is 22.8 Å². The second-order valence-electron chi connectivity index (χ2n) is 6.91. The molecule has 1 unspecified atom stereocenters. The maximum absolute atomic E-state index is 7.34. The van der Waals surface area contributed by atoms with Crippen molar-refractivity contribution >= 4 is 29.1 Å². The Morgan fingerprint density at radius 3 is 2.68 bits per heavy atom. The van der Waals surface area contributed by atoms with Crippen molar-refractivity contribution in [1.82, 2.24) is 29.5 Å². The maximum Gasteiger partial charge on any atom is 0.219 e. The Morgan fingerprint density at radius 2 is 1.96 bits per heavy atom. The first kappa shape index (κ1) is 18.2. The second-order valence-corrected chi connectivity index (χ2v) is 6.91. The normalized spacial score (nSPS) is 15.7. The zero-order valence-corrected chi connectivity index (χ0v) is 15.7. The molecule has 1 aliphatic heterocycles. The van der Waals surface area contributed by atoms with Gasteiger partial charge in [-0.1, -0.05) is 6.92 Å². The van der Waals surface area contributed by atoms with E-state index in [2.05, 4.69) is 26.8 Å². The van der Waals surface area contributed by atoms with E-state index in [0.29, 0.717) is 36.9 Å². The van der Waals surface area contributed by atoms with E-state index in [4.69, 9.17) is 25.8 Å². The Kier molecular flexibility index (Phi) is 5.11. The van der Waals surface area contributed by atoms with Crippen molar-refractivity contribution in [3.05, 3.63) is 18.7 Å². The Morgan fingerprint density at radius 1 is 1.21 bits per heavy atom. The fourth-order valence-electron chi connectivity index (χ4n) is 3.25. The maximum atomic E-state index is 7.34. The molecule has 3 aromatic rings. The predicted octanol–water partition coefficient (Wildman–Crippen LogP) is 1.38. The molecule has 0 saturated carbocycles. The zero-order valence-electron chi connectivity index (χ0n) is 15.7. The molecule has 3 N–H and O–H groups in total. The Balaban J connectivity index is 1.82. The van der Waals surface area contributed by atoms with Crippen LogP contribution in [0.4, 0.5) is 11.8 Å². The van der Waals surface area contributed by atoms with Gasteiger partial charge < -0.3 is 25.3 Å². The van der Waals surface area contributed by atoms with E-state index in [1.807, 2.05) is 4.57 Å². The number of imidazole rings is 1. The minimum Gasteiger partial charge on any atom is -0.378 e. The van der Waals surface area contributed by atoms with Gasteiger partial charge >= 0.3 is 0 Å². The van der Waals surface area contributed by atoms with Crippen molar-refractivity contribution < 1.29 is 4.74 Å². The average Bonchev–Trinajstić information content (AvgIpc) is 3.11. The third kappa shape index (κ3) is 3.63. The number of nitrogen functional groups attached to an aromatic ring is 1. The number of aromatic nitrogens is 6. The highest BCUT2D eigenvalue weighted by molar-refractivity contribution is 5.85. The van der Waals surface area contributed by atoms with Crippen LogP contribution < -0.4 is 10.6 Å². The number of hydrogen-bond acceptors (Lipinski definition) is 9. The molecular weight excluding hydrogens is 358 g/mol. The summed E-state index contributed by atoms with van der Waals surface area (Å²) in [5.41, 5.74) is 7.85. The van der Waals surface area contributed by atoms with Gasteiger partial charge in [0.05, 0.1) is 25.1 Å². The number of rotatable bonds is 6. The molecule has 0 amide bonds. The van der Waals surface area contributed by atoms with Gasteiger partial charge in [-0.05, 0) is 18.6 Å². The number of fused-ring (bicyclic) bond motifs is 1.